The number of unbranched alkanes of at least 4 members (excludes halogenated alkanes) is 4. The van der Waals surface area contributed by atoms with Gasteiger partial charge in [-0.15, -0.1) is 0 Å². The van der Waals surface area contributed by atoms with Gasteiger partial charge in [0.2, 0.25) is 0 Å². The van der Waals surface area contributed by atoms with Crippen molar-refractivity contribution in [3.63, 3.8) is 0 Å². The van der Waals surface area contributed by atoms with Gasteiger partial charge in [-0.1, -0.05) is 166 Å². The molecule has 6 rings (SSSR count). The molecule has 1 nitrogen and oxygen atoms in total. The van der Waals surface area contributed by atoms with Gasteiger partial charge in [-0.25, -0.2) is 0 Å². The van der Waals surface area contributed by atoms with Crippen LogP contribution in [-0.2, 0) is 17.6 Å². The molecular formula is C54H86O. The van der Waals surface area contributed by atoms with Crippen LogP contribution < -0.4 is 0 Å². The SMILES string of the molecule is CCCCCC1CCC(C2CCC(C(OC(c3ccc(CCC)cc3)C3CCC(C4CCC(CCCCC)CC4)CC3)c3ccc(CCC)cc3)CC2)CC1. The van der Waals surface area contributed by atoms with E-state index in [-0.39, 0.29) is 12.2 Å². The van der Waals surface area contributed by atoms with Gasteiger partial charge in [-0.05, 0) is 159 Å². The topological polar surface area (TPSA) is 9.23 Å². The molecule has 2 unspecified atom stereocenters. The summed E-state index contributed by atoms with van der Waals surface area (Å²) in [5.74, 6) is 7.16. The first kappa shape index (κ1) is 43.0. The number of rotatable bonds is 20. The van der Waals surface area contributed by atoms with Crippen LogP contribution in [0.15, 0.2) is 48.5 Å². The molecule has 0 heterocycles. The predicted molar refractivity (Wildman–Crippen MR) is 238 cm³/mol. The molecule has 55 heavy (non-hydrogen) atoms. The van der Waals surface area contributed by atoms with Crippen LogP contribution in [0, 0.1) is 47.3 Å². The Hall–Kier alpha value is -1.60. The first-order chi connectivity index (χ1) is 27.1. The molecule has 4 aliphatic carbocycles. The highest BCUT2D eigenvalue weighted by Crippen LogP contribution is 2.50. The highest BCUT2D eigenvalue weighted by Gasteiger charge is 2.39. The summed E-state index contributed by atoms with van der Waals surface area (Å²) in [6, 6.07) is 19.6. The highest BCUT2D eigenvalue weighted by molar-refractivity contribution is 5.27. The van der Waals surface area contributed by atoms with Crippen LogP contribution in [0.3, 0.4) is 0 Å². The average molecular weight is 751 g/mol. The maximum Gasteiger partial charge on any atom is 0.0861 e. The lowest BCUT2D eigenvalue weighted by atomic mass is 9.67. The van der Waals surface area contributed by atoms with E-state index in [1.807, 2.05) is 0 Å². The van der Waals surface area contributed by atoms with E-state index < -0.39 is 0 Å². The summed E-state index contributed by atoms with van der Waals surface area (Å²) < 4.78 is 7.78. The van der Waals surface area contributed by atoms with Crippen molar-refractivity contribution in [2.75, 3.05) is 0 Å². The van der Waals surface area contributed by atoms with Crippen molar-refractivity contribution >= 4 is 0 Å². The van der Waals surface area contributed by atoms with Gasteiger partial charge in [0.25, 0.3) is 0 Å². The van der Waals surface area contributed by atoms with Gasteiger partial charge in [0.05, 0.1) is 12.2 Å². The fourth-order valence-electron chi connectivity index (χ4n) is 12.5. The highest BCUT2D eigenvalue weighted by atomic mass is 16.5. The van der Waals surface area contributed by atoms with Gasteiger partial charge in [-0.3, -0.25) is 0 Å². The average Bonchev–Trinajstić information content (AvgIpc) is 3.23. The second kappa shape index (κ2) is 23.1. The lowest BCUT2D eigenvalue weighted by molar-refractivity contribution is -0.0934. The second-order valence-corrected chi connectivity index (χ2v) is 19.9. The fourth-order valence-corrected chi connectivity index (χ4v) is 12.5. The van der Waals surface area contributed by atoms with Crippen molar-refractivity contribution in [1.29, 1.82) is 0 Å². The summed E-state index contributed by atoms with van der Waals surface area (Å²) in [6.45, 7) is 9.31. The van der Waals surface area contributed by atoms with Gasteiger partial charge in [0, 0.05) is 0 Å². The Morgan fingerprint density at radius 3 is 1.04 bits per heavy atom. The molecule has 1 heteroatoms. The van der Waals surface area contributed by atoms with Crippen molar-refractivity contribution < 1.29 is 4.74 Å². The third kappa shape index (κ3) is 12.7. The molecule has 2 aromatic carbocycles. The standard InChI is InChI=1S/C54H86O/c1-5-9-11-15-43-17-25-45(26-18-43)47-33-37-51(38-34-47)53(49-29-21-41(13-7-3)22-30-49)55-54(50-31-23-42(14-8-4)24-32-50)52-39-35-48(36-40-52)46-27-19-44(20-28-46)16-12-10-6-2/h21-24,29-32,43-48,51-54H,5-20,25-28,33-40H2,1-4H3. The lowest BCUT2D eigenvalue weighted by Gasteiger charge is -2.43. The van der Waals surface area contributed by atoms with E-state index in [4.69, 9.17) is 4.74 Å². The van der Waals surface area contributed by atoms with Crippen molar-refractivity contribution in [1.82, 2.24) is 0 Å². The number of hydrogen-bond acceptors (Lipinski definition) is 1. The van der Waals surface area contributed by atoms with Crippen LogP contribution >= 0.6 is 0 Å². The van der Waals surface area contributed by atoms with Gasteiger partial charge < -0.3 is 4.74 Å². The molecule has 4 aliphatic rings. The lowest BCUT2D eigenvalue weighted by Crippen LogP contribution is -2.31. The van der Waals surface area contributed by atoms with E-state index in [0.29, 0.717) is 11.8 Å². The molecule has 0 N–H and O–H groups in total. The van der Waals surface area contributed by atoms with Crippen LogP contribution in [0.25, 0.3) is 0 Å². The summed E-state index contributed by atoms with van der Waals surface area (Å²) >= 11 is 0. The summed E-state index contributed by atoms with van der Waals surface area (Å²) in [6.07, 6.45) is 39.8. The second-order valence-electron chi connectivity index (χ2n) is 19.9. The molecule has 308 valence electrons. The fraction of sp³-hybridized carbons (Fsp3) is 0.778. The zero-order valence-electron chi connectivity index (χ0n) is 36.6. The monoisotopic (exact) mass is 751 g/mol. The molecule has 0 saturated heterocycles. The zero-order chi connectivity index (χ0) is 38.2. The van der Waals surface area contributed by atoms with E-state index >= 15 is 0 Å². The number of aryl methyl sites for hydroxylation is 2. The molecule has 0 bridgehead atoms. The van der Waals surface area contributed by atoms with Crippen molar-refractivity contribution in [3.05, 3.63) is 70.8 Å². The van der Waals surface area contributed by atoms with E-state index in [2.05, 4.69) is 76.2 Å². The first-order valence-corrected chi connectivity index (χ1v) is 24.9. The Morgan fingerprint density at radius 2 is 0.727 bits per heavy atom. The van der Waals surface area contributed by atoms with E-state index in [1.54, 1.807) is 0 Å². The van der Waals surface area contributed by atoms with Crippen molar-refractivity contribution in [2.24, 2.45) is 47.3 Å². The Labute approximate surface area is 341 Å². The minimum absolute atomic E-state index is 0.201. The van der Waals surface area contributed by atoms with Crippen LogP contribution in [0.1, 0.15) is 229 Å². The molecule has 0 aromatic heterocycles. The predicted octanol–water partition coefficient (Wildman–Crippen LogP) is 16.8. The van der Waals surface area contributed by atoms with Crippen LogP contribution in [0.2, 0.25) is 0 Å². The third-order valence-corrected chi connectivity index (χ3v) is 16.0. The van der Waals surface area contributed by atoms with Gasteiger partial charge in [-0.2, -0.15) is 0 Å². The maximum atomic E-state index is 7.78. The van der Waals surface area contributed by atoms with Crippen LogP contribution in [0.4, 0.5) is 0 Å². The molecule has 2 aromatic rings. The summed E-state index contributed by atoms with van der Waals surface area (Å²) in [5.41, 5.74) is 5.87. The Kier molecular flexibility index (Phi) is 18.1. The Balaban J connectivity index is 1.13. The normalized spacial score (nSPS) is 30.2. The van der Waals surface area contributed by atoms with Crippen LogP contribution in [0.5, 0.6) is 0 Å². The first-order valence-electron chi connectivity index (χ1n) is 24.9. The number of benzene rings is 2. The summed E-state index contributed by atoms with van der Waals surface area (Å²) in [4.78, 5) is 0. The van der Waals surface area contributed by atoms with E-state index in [1.165, 1.54) is 202 Å². The van der Waals surface area contributed by atoms with Gasteiger partial charge in [0.15, 0.2) is 0 Å². The minimum atomic E-state index is 0.201. The molecule has 0 aliphatic heterocycles. The number of hydrogen-bond donors (Lipinski definition) is 0. The molecular weight excluding hydrogens is 665 g/mol. The molecule has 4 saturated carbocycles. The summed E-state index contributed by atoms with van der Waals surface area (Å²) in [7, 11) is 0. The molecule has 4 fully saturated rings. The minimum Gasteiger partial charge on any atom is -0.365 e. The zero-order valence-corrected chi connectivity index (χ0v) is 36.6. The van der Waals surface area contributed by atoms with Crippen LogP contribution in [-0.4, -0.2) is 0 Å². The smallest absolute Gasteiger partial charge is 0.0861 e. The summed E-state index contributed by atoms with van der Waals surface area (Å²) in [5, 5.41) is 0. The Morgan fingerprint density at radius 1 is 0.400 bits per heavy atom. The van der Waals surface area contributed by atoms with Gasteiger partial charge in [0.1, 0.15) is 0 Å². The quantitative estimate of drug-likeness (QED) is 0.122. The van der Waals surface area contributed by atoms with E-state index in [9.17, 15) is 0 Å². The molecule has 0 radical (unpaired) electrons. The number of ether oxygens (including phenoxy) is 1. The maximum absolute atomic E-state index is 7.78. The molecule has 0 amide bonds. The largest absolute Gasteiger partial charge is 0.365 e. The van der Waals surface area contributed by atoms with Crippen molar-refractivity contribution in [3.8, 4) is 0 Å². The van der Waals surface area contributed by atoms with Crippen molar-refractivity contribution in [2.45, 2.75) is 220 Å². The Bertz CT molecular complexity index is 1180. The van der Waals surface area contributed by atoms with Gasteiger partial charge >= 0.3 is 0 Å². The molecule has 0 spiro atoms. The molecule has 2 atom stereocenters. The van der Waals surface area contributed by atoms with E-state index in [0.717, 1.165) is 35.5 Å². The third-order valence-electron chi connectivity index (χ3n) is 16.0.